The lowest BCUT2D eigenvalue weighted by Crippen LogP contribution is -2.53. The summed E-state index contributed by atoms with van der Waals surface area (Å²) in [6.45, 7) is 5.89. The molecule has 3 aromatic carbocycles. The lowest BCUT2D eigenvalue weighted by Gasteiger charge is -2.49. The van der Waals surface area contributed by atoms with Gasteiger partial charge in [-0.05, 0) is 48.6 Å². The molecule has 7 rings (SSSR count). The minimum Gasteiger partial charge on any atom is -0.507 e. The lowest BCUT2D eigenvalue weighted by atomic mass is 9.53. The van der Waals surface area contributed by atoms with Gasteiger partial charge in [0.05, 0.1) is 29.6 Å². The summed E-state index contributed by atoms with van der Waals surface area (Å²) in [6.07, 6.45) is 4.06. The van der Waals surface area contributed by atoms with Crippen molar-refractivity contribution >= 4 is 17.5 Å². The Morgan fingerprint density at radius 1 is 0.978 bits per heavy atom. The second-order valence-electron chi connectivity index (χ2n) is 12.0. The van der Waals surface area contributed by atoms with E-state index < -0.39 is 46.5 Å². The van der Waals surface area contributed by atoms with E-state index in [0.717, 1.165) is 15.1 Å². The highest BCUT2D eigenvalue weighted by Gasteiger charge is 2.69. The average Bonchev–Trinajstić information content (AvgIpc) is 3.40. The van der Waals surface area contributed by atoms with Crippen molar-refractivity contribution < 1.29 is 14.7 Å². The second-order valence-corrected chi connectivity index (χ2v) is 12.0. The van der Waals surface area contributed by atoms with Crippen molar-refractivity contribution in [3.8, 4) is 5.75 Å². The van der Waals surface area contributed by atoms with E-state index in [9.17, 15) is 19.5 Å². The predicted molar refractivity (Wildman–Crippen MR) is 169 cm³/mol. The summed E-state index contributed by atoms with van der Waals surface area (Å²) >= 11 is 0. The Balaban J connectivity index is 1.52. The molecule has 3 heterocycles. The fraction of sp³-hybridized carbons (Fsp3) is 0.257. The third-order valence-corrected chi connectivity index (χ3v) is 9.67. The number of aryl methyl sites for hydroxylation is 1. The molecule has 4 unspecified atom stereocenters. The van der Waals surface area contributed by atoms with E-state index in [1.54, 1.807) is 30.3 Å². The van der Waals surface area contributed by atoms with Crippen LogP contribution in [0.25, 0.3) is 0 Å². The van der Waals surface area contributed by atoms with Gasteiger partial charge in [0, 0.05) is 18.5 Å². The van der Waals surface area contributed by atoms with Crippen molar-refractivity contribution in [3.05, 3.63) is 140 Å². The summed E-state index contributed by atoms with van der Waals surface area (Å²) in [5.74, 6) is -2.67. The van der Waals surface area contributed by atoms with Gasteiger partial charge in [-0.3, -0.25) is 15.0 Å². The molecule has 228 valence electrons. The lowest BCUT2D eigenvalue weighted by molar-refractivity contribution is -0.138. The van der Waals surface area contributed by atoms with Crippen molar-refractivity contribution in [2.45, 2.75) is 43.7 Å². The molecule has 10 heteroatoms. The number of allylic oxidation sites excluding steroid dienone is 3. The van der Waals surface area contributed by atoms with Crippen molar-refractivity contribution in [1.82, 2.24) is 18.9 Å². The molecule has 2 fully saturated rings. The molecule has 10 nitrogen and oxygen atoms in total. The van der Waals surface area contributed by atoms with Crippen LogP contribution in [0.3, 0.4) is 0 Å². The first-order valence-corrected chi connectivity index (χ1v) is 15.0. The number of aromatic nitrogens is 3. The fourth-order valence-electron chi connectivity index (χ4n) is 7.63. The summed E-state index contributed by atoms with van der Waals surface area (Å²) in [4.78, 5) is 56.2. The van der Waals surface area contributed by atoms with Crippen molar-refractivity contribution in [1.29, 1.82) is 0 Å². The normalized spacial score (nSPS) is 23.6. The number of aromatic hydroxyl groups is 1. The van der Waals surface area contributed by atoms with Gasteiger partial charge < -0.3 is 5.11 Å². The number of anilines is 1. The molecule has 0 bridgehead atoms. The molecule has 45 heavy (non-hydrogen) atoms. The number of nitrogens with zero attached hydrogens (tertiary/aromatic N) is 4. The zero-order valence-corrected chi connectivity index (χ0v) is 25.0. The molecule has 4 atom stereocenters. The minimum atomic E-state index is -1.47. The number of nitrogens with one attached hydrogen (secondary N) is 1. The molecular weight excluding hydrogens is 570 g/mol. The molecule has 2 N–H and O–H groups in total. The van der Waals surface area contributed by atoms with E-state index in [0.29, 0.717) is 34.4 Å². The van der Waals surface area contributed by atoms with Gasteiger partial charge >= 0.3 is 11.4 Å². The zero-order valence-electron chi connectivity index (χ0n) is 25.0. The maximum atomic E-state index is 15.1. The number of hydrazine groups is 1. The van der Waals surface area contributed by atoms with Gasteiger partial charge in [0.2, 0.25) is 0 Å². The van der Waals surface area contributed by atoms with Crippen LogP contribution in [0.5, 0.6) is 5.75 Å². The molecule has 1 saturated heterocycles. The smallest absolute Gasteiger partial charge is 0.347 e. The van der Waals surface area contributed by atoms with Crippen molar-refractivity contribution in [2.24, 2.45) is 13.0 Å². The Bertz CT molecular complexity index is 2020. The molecule has 1 saturated carbocycles. The van der Waals surface area contributed by atoms with Gasteiger partial charge in [-0.15, -0.1) is 6.58 Å². The minimum absolute atomic E-state index is 0.00608. The molecule has 1 aliphatic carbocycles. The van der Waals surface area contributed by atoms with Gasteiger partial charge in [0.25, 0.3) is 11.8 Å². The number of fused-ring (bicyclic) bond motifs is 4. The van der Waals surface area contributed by atoms with E-state index in [2.05, 4.69) is 12.0 Å². The Morgan fingerprint density at radius 3 is 2.42 bits per heavy atom. The van der Waals surface area contributed by atoms with Crippen LogP contribution in [0.4, 0.5) is 5.69 Å². The van der Waals surface area contributed by atoms with Crippen LogP contribution in [0.1, 0.15) is 40.6 Å². The highest BCUT2D eigenvalue weighted by atomic mass is 16.3. The van der Waals surface area contributed by atoms with Gasteiger partial charge in [-0.25, -0.2) is 23.5 Å². The van der Waals surface area contributed by atoms with E-state index in [1.165, 1.54) is 16.4 Å². The van der Waals surface area contributed by atoms with E-state index in [4.69, 9.17) is 0 Å². The first-order valence-electron chi connectivity index (χ1n) is 15.0. The summed E-state index contributed by atoms with van der Waals surface area (Å²) in [7, 11) is 1.43. The zero-order chi connectivity index (χ0) is 31.6. The quantitative estimate of drug-likeness (QED) is 0.256. The third-order valence-electron chi connectivity index (χ3n) is 9.67. The van der Waals surface area contributed by atoms with Crippen LogP contribution in [-0.4, -0.2) is 35.9 Å². The molecular formula is C35H33N5O5. The highest BCUT2D eigenvalue weighted by Crippen LogP contribution is 2.62. The second kappa shape index (κ2) is 10.4. The monoisotopic (exact) mass is 603 g/mol. The fourth-order valence-corrected chi connectivity index (χ4v) is 7.63. The number of carbonyl (C=O) groups excluding carboxylic acids is 2. The Morgan fingerprint density at radius 2 is 1.71 bits per heavy atom. The number of imide groups is 1. The number of hydrogen-bond acceptors (Lipinski definition) is 6. The molecule has 2 amide bonds. The molecule has 3 aliphatic rings. The maximum Gasteiger partial charge on any atom is 0.347 e. The molecule has 0 radical (unpaired) electrons. The number of amides is 2. The first kappa shape index (κ1) is 28.4. The number of phenolic OH excluding ortho intramolecular Hbond substituents is 1. The number of phenols is 1. The Kier molecular flexibility index (Phi) is 6.54. The van der Waals surface area contributed by atoms with Crippen LogP contribution in [0.2, 0.25) is 0 Å². The van der Waals surface area contributed by atoms with Crippen LogP contribution in [-0.2, 0) is 35.0 Å². The largest absolute Gasteiger partial charge is 0.507 e. The topological polar surface area (TPSA) is 119 Å². The van der Waals surface area contributed by atoms with E-state index >= 15 is 4.79 Å². The summed E-state index contributed by atoms with van der Waals surface area (Å²) in [5, 5.41) is 12.9. The van der Waals surface area contributed by atoms with Gasteiger partial charge in [0.15, 0.2) is 0 Å². The average molecular weight is 604 g/mol. The van der Waals surface area contributed by atoms with Crippen LogP contribution in [0, 0.1) is 12.8 Å². The van der Waals surface area contributed by atoms with E-state index in [-0.39, 0.29) is 18.7 Å². The molecule has 0 spiro atoms. The number of para-hydroxylation sites is 1. The highest BCUT2D eigenvalue weighted by molar-refractivity contribution is 6.12. The summed E-state index contributed by atoms with van der Waals surface area (Å²) in [5.41, 5.74) is 4.67. The van der Waals surface area contributed by atoms with Gasteiger partial charge in [0.1, 0.15) is 5.75 Å². The standard InChI is InChI=1S/C35H33N5O5/c1-4-9-22-10-8-13-26(30(22)41)29-25-18-19-38-33(44)37(3)34(45)40(38)28(25)20-27-31(42)39(36-24-16-14-21(2)15-17-24)32(43)35(27,29)23-11-6-5-7-12-23/h4-8,10-18,27-29,36,41H,1,9,19-20H2,2-3H3. The molecule has 2 aliphatic heterocycles. The summed E-state index contributed by atoms with van der Waals surface area (Å²) in [6, 6.07) is 21.3. The molecule has 1 aromatic heterocycles. The van der Waals surface area contributed by atoms with Crippen LogP contribution in [0.15, 0.2) is 107 Å². The van der Waals surface area contributed by atoms with Crippen molar-refractivity contribution in [2.75, 3.05) is 5.43 Å². The van der Waals surface area contributed by atoms with Crippen LogP contribution < -0.4 is 16.8 Å². The number of rotatable bonds is 6. The summed E-state index contributed by atoms with van der Waals surface area (Å²) < 4.78 is 3.85. The number of carbonyl (C=O) groups is 2. The number of benzene rings is 3. The third kappa shape index (κ3) is 3.94. The van der Waals surface area contributed by atoms with Gasteiger partial charge in [-0.1, -0.05) is 78.4 Å². The number of hydrogen-bond donors (Lipinski definition) is 2. The first-order chi connectivity index (χ1) is 21.7. The maximum absolute atomic E-state index is 15.1. The molecule has 4 aromatic rings. The van der Waals surface area contributed by atoms with E-state index in [1.807, 2.05) is 61.5 Å². The van der Waals surface area contributed by atoms with Crippen LogP contribution >= 0.6 is 0 Å². The Labute approximate surface area is 259 Å². The van der Waals surface area contributed by atoms with Gasteiger partial charge in [-0.2, -0.15) is 5.01 Å². The Hall–Kier alpha value is -5.38. The predicted octanol–water partition coefficient (Wildman–Crippen LogP) is 3.71. The SMILES string of the molecule is C=CCc1cccc(C2C3=CCn4c(=O)n(C)c(=O)n4C3CC3C(=O)N(Nc4ccc(C)cc4)C(=O)C32c2ccccc2)c1O. The van der Waals surface area contributed by atoms with Crippen molar-refractivity contribution in [3.63, 3.8) is 0 Å².